The Labute approximate surface area is 127 Å². The van der Waals surface area contributed by atoms with E-state index in [1.165, 1.54) is 11.1 Å². The van der Waals surface area contributed by atoms with Crippen LogP contribution in [0.25, 0.3) is 5.69 Å². The number of hydrogen-bond acceptors (Lipinski definition) is 4. The molecule has 0 bridgehead atoms. The van der Waals surface area contributed by atoms with Crippen LogP contribution in [0.1, 0.15) is 16.8 Å². The molecule has 0 radical (unpaired) electrons. The zero-order valence-corrected chi connectivity index (χ0v) is 13.6. The van der Waals surface area contributed by atoms with Gasteiger partial charge >= 0.3 is 0 Å². The lowest BCUT2D eigenvalue weighted by atomic mass is 10.1. The average molecular weight is 339 g/mol. The summed E-state index contributed by atoms with van der Waals surface area (Å²) in [6.45, 7) is 6.33. The number of nitrogens with zero attached hydrogens (tertiary/aromatic N) is 3. The molecule has 0 saturated carbocycles. The first-order chi connectivity index (χ1) is 9.61. The molecule has 1 aromatic carbocycles. The van der Waals surface area contributed by atoms with Gasteiger partial charge in [0.1, 0.15) is 0 Å². The normalized spacial score (nSPS) is 11.0. The molecule has 5 nitrogen and oxygen atoms in total. The number of halogens is 1. The Morgan fingerprint density at radius 1 is 1.35 bits per heavy atom. The number of benzene rings is 1. The fourth-order valence-corrected chi connectivity index (χ4v) is 2.93. The van der Waals surface area contributed by atoms with Gasteiger partial charge in [-0.15, -0.1) is 5.10 Å². The molecule has 2 aromatic rings. The molecule has 0 aliphatic carbocycles. The van der Waals surface area contributed by atoms with E-state index in [2.05, 4.69) is 57.5 Å². The Kier molecular flexibility index (Phi) is 5.28. The fraction of sp³-hybridized carbons (Fsp3) is 0.429. The lowest BCUT2D eigenvalue weighted by molar-refractivity contribution is 0.199. The van der Waals surface area contributed by atoms with Crippen LogP contribution in [0.3, 0.4) is 0 Å². The van der Waals surface area contributed by atoms with E-state index in [9.17, 15) is 0 Å². The van der Waals surface area contributed by atoms with Crippen LogP contribution in [0.5, 0.6) is 0 Å². The summed E-state index contributed by atoms with van der Waals surface area (Å²) in [7, 11) is 1.69. The largest absolute Gasteiger partial charge is 0.383 e. The van der Waals surface area contributed by atoms with E-state index in [0.717, 1.165) is 22.4 Å². The molecule has 1 aromatic heterocycles. The van der Waals surface area contributed by atoms with Crippen molar-refractivity contribution in [3.63, 3.8) is 0 Å². The predicted octanol–water partition coefficient (Wildman–Crippen LogP) is 2.38. The summed E-state index contributed by atoms with van der Waals surface area (Å²) in [5.74, 6) is 0. The highest BCUT2D eigenvalue weighted by atomic mass is 79.9. The van der Waals surface area contributed by atoms with Gasteiger partial charge in [-0.2, -0.15) is 0 Å². The molecule has 2 rings (SSSR count). The van der Waals surface area contributed by atoms with Gasteiger partial charge in [0.15, 0.2) is 0 Å². The van der Waals surface area contributed by atoms with Gasteiger partial charge in [0, 0.05) is 24.7 Å². The molecule has 0 unspecified atom stereocenters. The van der Waals surface area contributed by atoms with Crippen molar-refractivity contribution < 1.29 is 4.74 Å². The first-order valence-electron chi connectivity index (χ1n) is 6.50. The van der Waals surface area contributed by atoms with Crippen molar-refractivity contribution in [1.29, 1.82) is 0 Å². The number of methoxy groups -OCH3 is 1. The standard InChI is InChI=1S/C14H19BrN4O/c1-10-6-11(2)14(13(15)7-10)19-9-12(17-18-19)8-16-4-5-20-3/h6-7,9,16H,4-5,8H2,1-3H3. The van der Waals surface area contributed by atoms with Crippen molar-refractivity contribution in [1.82, 2.24) is 20.3 Å². The Balaban J connectivity index is 2.13. The van der Waals surface area contributed by atoms with Crippen molar-refractivity contribution in [3.8, 4) is 5.69 Å². The van der Waals surface area contributed by atoms with Crippen molar-refractivity contribution in [2.75, 3.05) is 20.3 Å². The zero-order chi connectivity index (χ0) is 14.5. The first-order valence-corrected chi connectivity index (χ1v) is 7.29. The smallest absolute Gasteiger partial charge is 0.0969 e. The summed E-state index contributed by atoms with van der Waals surface area (Å²) < 4.78 is 7.83. The SMILES string of the molecule is COCCNCc1cn(-c2c(C)cc(C)cc2Br)nn1. The molecule has 1 heterocycles. The van der Waals surface area contributed by atoms with Gasteiger partial charge in [0.25, 0.3) is 0 Å². The lowest BCUT2D eigenvalue weighted by Crippen LogP contribution is -2.18. The summed E-state index contributed by atoms with van der Waals surface area (Å²) in [4.78, 5) is 0. The van der Waals surface area contributed by atoms with E-state index in [4.69, 9.17) is 4.74 Å². The average Bonchev–Trinajstić information content (AvgIpc) is 2.82. The number of hydrogen-bond donors (Lipinski definition) is 1. The van der Waals surface area contributed by atoms with Gasteiger partial charge in [-0.3, -0.25) is 0 Å². The van der Waals surface area contributed by atoms with Gasteiger partial charge < -0.3 is 10.1 Å². The number of ether oxygens (including phenoxy) is 1. The maximum Gasteiger partial charge on any atom is 0.0969 e. The molecule has 108 valence electrons. The highest BCUT2D eigenvalue weighted by molar-refractivity contribution is 9.10. The van der Waals surface area contributed by atoms with Gasteiger partial charge in [0.2, 0.25) is 0 Å². The van der Waals surface area contributed by atoms with Crippen LogP contribution in [0.4, 0.5) is 0 Å². The second-order valence-corrected chi connectivity index (χ2v) is 5.59. The molecular weight excluding hydrogens is 320 g/mol. The Morgan fingerprint density at radius 2 is 2.15 bits per heavy atom. The van der Waals surface area contributed by atoms with E-state index in [1.54, 1.807) is 7.11 Å². The molecule has 0 atom stereocenters. The fourth-order valence-electron chi connectivity index (χ4n) is 2.08. The number of rotatable bonds is 6. The number of nitrogens with one attached hydrogen (secondary N) is 1. The van der Waals surface area contributed by atoms with Crippen LogP contribution >= 0.6 is 15.9 Å². The summed E-state index contributed by atoms with van der Waals surface area (Å²) >= 11 is 3.60. The summed E-state index contributed by atoms with van der Waals surface area (Å²) in [5, 5.41) is 11.6. The van der Waals surface area contributed by atoms with E-state index >= 15 is 0 Å². The summed E-state index contributed by atoms with van der Waals surface area (Å²) in [6, 6.07) is 4.22. The minimum absolute atomic E-state index is 0.686. The molecule has 6 heteroatoms. The third-order valence-electron chi connectivity index (χ3n) is 2.96. The molecule has 0 spiro atoms. The Bertz CT molecular complexity index is 559. The summed E-state index contributed by atoms with van der Waals surface area (Å²) in [6.07, 6.45) is 1.95. The third-order valence-corrected chi connectivity index (χ3v) is 3.56. The van der Waals surface area contributed by atoms with Gasteiger partial charge in [-0.1, -0.05) is 11.3 Å². The van der Waals surface area contributed by atoms with Gasteiger partial charge in [0.05, 0.1) is 24.2 Å². The van der Waals surface area contributed by atoms with Crippen LogP contribution < -0.4 is 5.32 Å². The molecule has 0 amide bonds. The minimum Gasteiger partial charge on any atom is -0.383 e. The second kappa shape index (κ2) is 6.97. The lowest BCUT2D eigenvalue weighted by Gasteiger charge is -2.09. The van der Waals surface area contributed by atoms with Crippen LogP contribution in [0.15, 0.2) is 22.8 Å². The quantitative estimate of drug-likeness (QED) is 0.821. The highest BCUT2D eigenvalue weighted by Crippen LogP contribution is 2.25. The molecule has 0 fully saturated rings. The van der Waals surface area contributed by atoms with E-state index in [0.29, 0.717) is 13.2 Å². The van der Waals surface area contributed by atoms with Crippen molar-refractivity contribution in [2.45, 2.75) is 20.4 Å². The molecule has 0 aliphatic heterocycles. The molecule has 0 aliphatic rings. The highest BCUT2D eigenvalue weighted by Gasteiger charge is 2.10. The predicted molar refractivity (Wildman–Crippen MR) is 82.1 cm³/mol. The molecule has 20 heavy (non-hydrogen) atoms. The summed E-state index contributed by atoms with van der Waals surface area (Å²) in [5.41, 5.74) is 4.33. The van der Waals surface area contributed by atoms with Gasteiger partial charge in [-0.25, -0.2) is 4.68 Å². The minimum atomic E-state index is 0.686. The number of aryl methyl sites for hydroxylation is 2. The number of aromatic nitrogens is 3. The van der Waals surface area contributed by atoms with E-state index in [-0.39, 0.29) is 0 Å². The van der Waals surface area contributed by atoms with Crippen LogP contribution in [-0.4, -0.2) is 35.3 Å². The van der Waals surface area contributed by atoms with Crippen molar-refractivity contribution in [2.24, 2.45) is 0 Å². The topological polar surface area (TPSA) is 52.0 Å². The first kappa shape index (κ1) is 15.2. The monoisotopic (exact) mass is 338 g/mol. The molecule has 1 N–H and O–H groups in total. The van der Waals surface area contributed by atoms with Crippen LogP contribution in [-0.2, 0) is 11.3 Å². The van der Waals surface area contributed by atoms with Crippen LogP contribution in [0.2, 0.25) is 0 Å². The Morgan fingerprint density at radius 3 is 2.85 bits per heavy atom. The maximum absolute atomic E-state index is 4.99. The Hall–Kier alpha value is -1.24. The van der Waals surface area contributed by atoms with Crippen molar-refractivity contribution in [3.05, 3.63) is 39.6 Å². The maximum atomic E-state index is 4.99. The van der Waals surface area contributed by atoms with E-state index < -0.39 is 0 Å². The molecule has 0 saturated heterocycles. The van der Waals surface area contributed by atoms with E-state index in [1.807, 2.05) is 10.9 Å². The second-order valence-electron chi connectivity index (χ2n) is 4.74. The van der Waals surface area contributed by atoms with Gasteiger partial charge in [-0.05, 0) is 47.0 Å². The zero-order valence-electron chi connectivity index (χ0n) is 12.0. The van der Waals surface area contributed by atoms with Crippen LogP contribution in [0, 0.1) is 13.8 Å². The molecular formula is C14H19BrN4O. The van der Waals surface area contributed by atoms with Crippen molar-refractivity contribution >= 4 is 15.9 Å². The third kappa shape index (κ3) is 3.65.